The van der Waals surface area contributed by atoms with E-state index in [2.05, 4.69) is 20.4 Å². The predicted octanol–water partition coefficient (Wildman–Crippen LogP) is 3.13. The molecule has 9 nitrogen and oxygen atoms in total. The average molecular weight is 394 g/mol. The highest BCUT2D eigenvalue weighted by Crippen LogP contribution is 2.29. The van der Waals surface area contributed by atoms with E-state index in [0.717, 1.165) is 29.6 Å². The fraction of sp³-hybridized carbons (Fsp3) is 0.300. The normalized spacial score (nSPS) is 15.3. The lowest BCUT2D eigenvalue weighted by Crippen LogP contribution is -2.15. The molecule has 0 spiro atoms. The molecule has 2 aromatic heterocycles. The number of hydrogen-bond acceptors (Lipinski definition) is 8. The molecule has 1 saturated carbocycles. The van der Waals surface area contributed by atoms with Crippen LogP contribution in [0, 0.1) is 12.8 Å². The molecule has 0 saturated heterocycles. The van der Waals surface area contributed by atoms with Crippen molar-refractivity contribution in [3.05, 3.63) is 47.2 Å². The summed E-state index contributed by atoms with van der Waals surface area (Å²) in [6.07, 6.45) is 1.99. The van der Waals surface area contributed by atoms with E-state index in [-0.39, 0.29) is 17.9 Å². The van der Waals surface area contributed by atoms with Crippen LogP contribution in [-0.4, -0.2) is 21.8 Å². The summed E-state index contributed by atoms with van der Waals surface area (Å²) in [5.41, 5.74) is 13.3. The third-order valence-corrected chi connectivity index (χ3v) is 4.76. The second-order valence-corrected chi connectivity index (χ2v) is 7.16. The molecule has 9 heteroatoms. The van der Waals surface area contributed by atoms with Crippen LogP contribution in [0.15, 0.2) is 39.9 Å². The third kappa shape index (κ3) is 4.13. The largest absolute Gasteiger partial charge is 0.443 e. The first kappa shape index (κ1) is 18.7. The zero-order chi connectivity index (χ0) is 20.5. The molecule has 29 heavy (non-hydrogen) atoms. The minimum Gasteiger partial charge on any atom is -0.443 e. The van der Waals surface area contributed by atoms with Gasteiger partial charge in [0.05, 0.1) is 10.9 Å². The van der Waals surface area contributed by atoms with Crippen LogP contribution in [0.2, 0.25) is 0 Å². The number of nitrogens with two attached hydrogens (primary N) is 2. The van der Waals surface area contributed by atoms with Gasteiger partial charge in [-0.15, -0.1) is 0 Å². The highest BCUT2D eigenvalue weighted by atomic mass is 16.7. The van der Waals surface area contributed by atoms with Gasteiger partial charge in [0.15, 0.2) is 0 Å². The first-order valence-electron chi connectivity index (χ1n) is 9.35. The van der Waals surface area contributed by atoms with Crippen molar-refractivity contribution in [3.8, 4) is 0 Å². The number of carbonyl (C=O) groups is 1. The first-order valence-corrected chi connectivity index (χ1v) is 9.35. The van der Waals surface area contributed by atoms with Crippen LogP contribution < -0.4 is 16.8 Å². The number of carbonyl (C=O) groups excluding carboxylic acids is 1. The van der Waals surface area contributed by atoms with Crippen molar-refractivity contribution >= 4 is 34.7 Å². The standard InChI is InChI=1S/C20H22N6O3/c1-10-9-15-17(24-20(22)25-18(15)28-10)23-11(2)12-3-7-14(8-4-12)19(27)29-26-16(21)13-5-6-13/h3-4,7-9,11,13H,5-6H2,1-2H3,(H2,21,26)(H3,22,23,24,25)/t11-/m0/s1. The zero-order valence-corrected chi connectivity index (χ0v) is 16.2. The molecule has 0 bridgehead atoms. The average Bonchev–Trinajstić information content (AvgIpc) is 3.48. The maximum atomic E-state index is 12.1. The van der Waals surface area contributed by atoms with Crippen molar-refractivity contribution in [2.24, 2.45) is 16.8 Å². The fourth-order valence-electron chi connectivity index (χ4n) is 2.97. The number of anilines is 2. The number of amidine groups is 1. The minimum atomic E-state index is -0.542. The molecule has 5 N–H and O–H groups in total. The molecule has 2 heterocycles. The molecule has 0 aliphatic heterocycles. The highest BCUT2D eigenvalue weighted by molar-refractivity contribution is 5.91. The number of hydrogen-bond donors (Lipinski definition) is 3. The van der Waals surface area contributed by atoms with Gasteiger partial charge in [-0.25, -0.2) is 4.79 Å². The lowest BCUT2D eigenvalue weighted by Gasteiger charge is -2.16. The molecule has 4 rings (SSSR count). The first-order chi connectivity index (χ1) is 13.9. The molecular formula is C20H22N6O3. The number of rotatable bonds is 6. The Labute approximate surface area is 167 Å². The molecule has 1 aliphatic carbocycles. The number of aromatic nitrogens is 2. The van der Waals surface area contributed by atoms with Gasteiger partial charge in [0.25, 0.3) is 0 Å². The fourth-order valence-corrected chi connectivity index (χ4v) is 2.97. The van der Waals surface area contributed by atoms with Crippen LogP contribution in [0.4, 0.5) is 11.8 Å². The van der Waals surface area contributed by atoms with Crippen molar-refractivity contribution < 1.29 is 14.0 Å². The number of nitrogens with one attached hydrogen (secondary N) is 1. The monoisotopic (exact) mass is 394 g/mol. The number of benzene rings is 1. The molecule has 1 fully saturated rings. The van der Waals surface area contributed by atoms with Crippen LogP contribution >= 0.6 is 0 Å². The highest BCUT2D eigenvalue weighted by Gasteiger charge is 2.26. The van der Waals surface area contributed by atoms with Gasteiger partial charge >= 0.3 is 5.97 Å². The Balaban J connectivity index is 1.46. The summed E-state index contributed by atoms with van der Waals surface area (Å²) in [5.74, 6) is 1.52. The Morgan fingerprint density at radius 2 is 2.03 bits per heavy atom. The number of nitrogens with zero attached hydrogens (tertiary/aromatic N) is 3. The van der Waals surface area contributed by atoms with Crippen LogP contribution in [0.1, 0.15) is 47.5 Å². The summed E-state index contributed by atoms with van der Waals surface area (Å²) in [4.78, 5) is 25.4. The van der Waals surface area contributed by atoms with E-state index in [1.54, 1.807) is 12.1 Å². The summed E-state index contributed by atoms with van der Waals surface area (Å²) in [6.45, 7) is 3.82. The van der Waals surface area contributed by atoms with Crippen LogP contribution in [0.5, 0.6) is 0 Å². The van der Waals surface area contributed by atoms with Gasteiger partial charge in [0.1, 0.15) is 17.4 Å². The summed E-state index contributed by atoms with van der Waals surface area (Å²) >= 11 is 0. The van der Waals surface area contributed by atoms with Crippen molar-refractivity contribution in [1.29, 1.82) is 0 Å². The molecule has 0 unspecified atom stereocenters. The van der Waals surface area contributed by atoms with Gasteiger partial charge in [-0.05, 0) is 50.5 Å². The Morgan fingerprint density at radius 3 is 2.72 bits per heavy atom. The Bertz CT molecular complexity index is 1090. The van der Waals surface area contributed by atoms with Crippen LogP contribution in [-0.2, 0) is 4.84 Å². The Morgan fingerprint density at radius 1 is 1.31 bits per heavy atom. The van der Waals surface area contributed by atoms with E-state index in [0.29, 0.717) is 22.9 Å². The van der Waals surface area contributed by atoms with Gasteiger partial charge in [-0.3, -0.25) is 0 Å². The maximum absolute atomic E-state index is 12.1. The smallest absolute Gasteiger partial charge is 0.365 e. The molecule has 1 aliphatic rings. The van der Waals surface area contributed by atoms with E-state index in [9.17, 15) is 4.79 Å². The molecule has 1 aromatic carbocycles. The Kier molecular flexibility index (Phi) is 4.79. The number of oxime groups is 1. The van der Waals surface area contributed by atoms with Gasteiger partial charge in [-0.2, -0.15) is 9.97 Å². The van der Waals surface area contributed by atoms with Crippen molar-refractivity contribution in [2.75, 3.05) is 11.1 Å². The van der Waals surface area contributed by atoms with Gasteiger partial charge < -0.3 is 26.0 Å². The number of furan rings is 1. The lowest BCUT2D eigenvalue weighted by atomic mass is 10.1. The van der Waals surface area contributed by atoms with E-state index in [1.807, 2.05) is 32.0 Å². The van der Waals surface area contributed by atoms with Crippen molar-refractivity contribution in [3.63, 3.8) is 0 Å². The molecule has 1 atom stereocenters. The summed E-state index contributed by atoms with van der Waals surface area (Å²) < 4.78 is 5.54. The predicted molar refractivity (Wildman–Crippen MR) is 109 cm³/mol. The molecule has 0 amide bonds. The number of fused-ring (bicyclic) bond motifs is 1. The van der Waals surface area contributed by atoms with E-state index >= 15 is 0 Å². The van der Waals surface area contributed by atoms with Crippen LogP contribution in [0.25, 0.3) is 11.1 Å². The maximum Gasteiger partial charge on any atom is 0.365 e. The second-order valence-electron chi connectivity index (χ2n) is 7.16. The third-order valence-electron chi connectivity index (χ3n) is 4.76. The van der Waals surface area contributed by atoms with Crippen molar-refractivity contribution in [1.82, 2.24) is 9.97 Å². The van der Waals surface area contributed by atoms with Gasteiger partial charge in [0.2, 0.25) is 11.7 Å². The van der Waals surface area contributed by atoms with Gasteiger partial charge in [0, 0.05) is 12.0 Å². The lowest BCUT2D eigenvalue weighted by molar-refractivity contribution is 0.0514. The van der Waals surface area contributed by atoms with Crippen LogP contribution in [0.3, 0.4) is 0 Å². The van der Waals surface area contributed by atoms with E-state index in [4.69, 9.17) is 20.7 Å². The van der Waals surface area contributed by atoms with E-state index in [1.165, 1.54) is 0 Å². The summed E-state index contributed by atoms with van der Waals surface area (Å²) in [7, 11) is 0. The SMILES string of the molecule is Cc1cc2c(N[C@@H](C)c3ccc(C(=O)O/N=C(\N)C4CC4)cc3)nc(N)nc2o1. The molecule has 3 aromatic rings. The zero-order valence-electron chi connectivity index (χ0n) is 16.2. The Hall–Kier alpha value is -3.62. The van der Waals surface area contributed by atoms with Gasteiger partial charge in [-0.1, -0.05) is 17.3 Å². The molecule has 0 radical (unpaired) electrons. The quantitative estimate of drug-likeness (QED) is 0.250. The summed E-state index contributed by atoms with van der Waals surface area (Å²) in [6, 6.07) is 8.80. The molecular weight excluding hydrogens is 372 g/mol. The second kappa shape index (κ2) is 7.42. The summed E-state index contributed by atoms with van der Waals surface area (Å²) in [5, 5.41) is 7.79. The minimum absolute atomic E-state index is 0.101. The molecule has 150 valence electrons. The topological polar surface area (TPSA) is 142 Å². The van der Waals surface area contributed by atoms with Crippen molar-refractivity contribution in [2.45, 2.75) is 32.7 Å². The van der Waals surface area contributed by atoms with E-state index < -0.39 is 5.97 Å². The number of aryl methyl sites for hydroxylation is 1. The number of nitrogen functional groups attached to an aromatic ring is 1.